The molecule has 1 atom stereocenters. The lowest BCUT2D eigenvalue weighted by Gasteiger charge is -2.24. The fourth-order valence-corrected chi connectivity index (χ4v) is 3.87. The minimum Gasteiger partial charge on any atom is -0.461 e. The smallest absolute Gasteiger partial charge is 0.216 e. The Morgan fingerprint density at radius 3 is 3.04 bits per heavy atom. The van der Waals surface area contributed by atoms with Crippen LogP contribution in [0.5, 0.6) is 0 Å². The van der Waals surface area contributed by atoms with E-state index in [1.807, 2.05) is 23.9 Å². The summed E-state index contributed by atoms with van der Waals surface area (Å²) in [6.07, 6.45) is 4.15. The van der Waals surface area contributed by atoms with Crippen molar-refractivity contribution >= 4 is 41.7 Å². The second-order valence-electron chi connectivity index (χ2n) is 6.03. The molecule has 7 nitrogen and oxygen atoms in total. The average Bonchev–Trinajstić information content (AvgIpc) is 3.31. The highest BCUT2D eigenvalue weighted by Gasteiger charge is 2.29. The molecule has 1 saturated heterocycles. The largest absolute Gasteiger partial charge is 0.461 e. The number of hydrogen-bond acceptors (Lipinski definition) is 5. The Kier molecular flexibility index (Phi) is 7.60. The lowest BCUT2D eigenvalue weighted by molar-refractivity contribution is 0.577. The Hall–Kier alpha value is -1.23. The van der Waals surface area contributed by atoms with Gasteiger partial charge in [0.1, 0.15) is 12.4 Å². The van der Waals surface area contributed by atoms with Crippen LogP contribution < -0.4 is 10.6 Å². The van der Waals surface area contributed by atoms with Gasteiger partial charge >= 0.3 is 0 Å². The summed E-state index contributed by atoms with van der Waals surface area (Å²) in [5.74, 6) is 3.97. The standard InChI is InChI=1S/C16H24N6OS.HI/c1-3-17-15(19-11-16(2)7-5-9-24-16)18-10-13-20-14(22-21-13)12-6-4-8-23-12;/h4,6,8H,3,5,7,9-11H2,1-2H3,(H2,17,18,19)(H,20,21,22);1H. The van der Waals surface area contributed by atoms with Crippen molar-refractivity contribution in [2.24, 2.45) is 4.99 Å². The molecule has 138 valence electrons. The highest BCUT2D eigenvalue weighted by Crippen LogP contribution is 2.36. The zero-order valence-electron chi connectivity index (χ0n) is 14.5. The number of thioether (sulfide) groups is 1. The van der Waals surface area contributed by atoms with Crippen LogP contribution in [0.4, 0.5) is 0 Å². The van der Waals surface area contributed by atoms with Crippen LogP contribution in [0, 0.1) is 0 Å². The van der Waals surface area contributed by atoms with E-state index in [1.165, 1.54) is 18.6 Å². The first-order valence-electron chi connectivity index (χ1n) is 8.30. The van der Waals surface area contributed by atoms with Gasteiger partial charge in [0.2, 0.25) is 5.82 Å². The lowest BCUT2D eigenvalue weighted by atomic mass is 10.1. The van der Waals surface area contributed by atoms with E-state index in [0.717, 1.165) is 19.0 Å². The van der Waals surface area contributed by atoms with Gasteiger partial charge in [0.05, 0.1) is 6.26 Å². The van der Waals surface area contributed by atoms with E-state index in [1.54, 1.807) is 6.26 Å². The Labute approximate surface area is 169 Å². The van der Waals surface area contributed by atoms with E-state index in [-0.39, 0.29) is 24.0 Å². The molecular weight excluding hydrogens is 451 g/mol. The molecule has 1 aliphatic rings. The average molecular weight is 476 g/mol. The molecule has 1 fully saturated rings. The van der Waals surface area contributed by atoms with Gasteiger partial charge in [0, 0.05) is 17.8 Å². The van der Waals surface area contributed by atoms with Gasteiger partial charge in [-0.25, -0.2) is 9.98 Å². The molecule has 9 heteroatoms. The van der Waals surface area contributed by atoms with Crippen molar-refractivity contribution in [1.82, 2.24) is 25.8 Å². The van der Waals surface area contributed by atoms with E-state index in [9.17, 15) is 0 Å². The van der Waals surface area contributed by atoms with E-state index in [2.05, 4.69) is 44.7 Å². The first-order valence-corrected chi connectivity index (χ1v) is 9.28. The second-order valence-corrected chi connectivity index (χ2v) is 7.72. The Balaban J connectivity index is 0.00000225. The fourth-order valence-electron chi connectivity index (χ4n) is 2.62. The molecule has 0 spiro atoms. The number of halogens is 1. The molecule has 2 aromatic rings. The van der Waals surface area contributed by atoms with Gasteiger partial charge in [0.25, 0.3) is 0 Å². The van der Waals surface area contributed by atoms with Crippen LogP contribution in [0.1, 0.15) is 32.5 Å². The molecule has 0 aromatic carbocycles. The first kappa shape index (κ1) is 20.1. The number of nitrogens with one attached hydrogen (secondary N) is 3. The van der Waals surface area contributed by atoms with Gasteiger partial charge < -0.3 is 15.1 Å². The van der Waals surface area contributed by atoms with Crippen LogP contribution in [0.15, 0.2) is 27.8 Å². The maximum atomic E-state index is 5.30. The summed E-state index contributed by atoms with van der Waals surface area (Å²) in [5, 5.41) is 13.8. The van der Waals surface area contributed by atoms with Crippen molar-refractivity contribution in [3.8, 4) is 11.6 Å². The van der Waals surface area contributed by atoms with Crippen molar-refractivity contribution in [3.05, 3.63) is 24.2 Å². The van der Waals surface area contributed by atoms with Crippen LogP contribution >= 0.6 is 35.7 Å². The number of nitrogens with zero attached hydrogens (tertiary/aromatic N) is 3. The highest BCUT2D eigenvalue weighted by molar-refractivity contribution is 14.0. The predicted octanol–water partition coefficient (Wildman–Crippen LogP) is 3.02. The molecule has 3 N–H and O–H groups in total. The molecule has 2 aromatic heterocycles. The molecule has 3 rings (SSSR count). The molecule has 3 heterocycles. The van der Waals surface area contributed by atoms with Gasteiger partial charge in [-0.1, -0.05) is 0 Å². The number of hydrogen-bond donors (Lipinski definition) is 3. The minimum absolute atomic E-state index is 0. The molecular formula is C16H25IN6OS. The Morgan fingerprint density at radius 1 is 1.48 bits per heavy atom. The number of aromatic nitrogens is 3. The van der Waals surface area contributed by atoms with Crippen molar-refractivity contribution in [3.63, 3.8) is 0 Å². The Bertz CT molecular complexity index is 666. The topological polar surface area (TPSA) is 91.1 Å². The highest BCUT2D eigenvalue weighted by atomic mass is 127. The van der Waals surface area contributed by atoms with Crippen LogP contribution in [-0.2, 0) is 6.54 Å². The molecule has 0 radical (unpaired) electrons. The third kappa shape index (κ3) is 5.63. The normalized spacial score (nSPS) is 20.3. The fraction of sp³-hybridized carbons (Fsp3) is 0.562. The predicted molar refractivity (Wildman–Crippen MR) is 112 cm³/mol. The third-order valence-electron chi connectivity index (χ3n) is 3.93. The van der Waals surface area contributed by atoms with E-state index >= 15 is 0 Å². The molecule has 25 heavy (non-hydrogen) atoms. The maximum absolute atomic E-state index is 5.30. The van der Waals surface area contributed by atoms with Crippen LogP contribution in [0.3, 0.4) is 0 Å². The number of H-pyrrole nitrogens is 1. The van der Waals surface area contributed by atoms with Crippen molar-refractivity contribution in [1.29, 1.82) is 0 Å². The van der Waals surface area contributed by atoms with Gasteiger partial charge in [0.15, 0.2) is 11.7 Å². The van der Waals surface area contributed by atoms with E-state index in [4.69, 9.17) is 4.42 Å². The number of aliphatic imine (C=N–C) groups is 1. The summed E-state index contributed by atoms with van der Waals surface area (Å²) in [6.45, 7) is 6.55. The maximum Gasteiger partial charge on any atom is 0.216 e. The van der Waals surface area contributed by atoms with Crippen LogP contribution in [0.2, 0.25) is 0 Å². The monoisotopic (exact) mass is 476 g/mol. The first-order chi connectivity index (χ1) is 11.7. The molecule has 0 bridgehead atoms. The summed E-state index contributed by atoms with van der Waals surface area (Å²) >= 11 is 2.04. The second kappa shape index (κ2) is 9.46. The zero-order valence-corrected chi connectivity index (χ0v) is 17.7. The summed E-state index contributed by atoms with van der Waals surface area (Å²) in [4.78, 5) is 9.00. The van der Waals surface area contributed by atoms with Gasteiger partial charge in [-0.3, -0.25) is 5.10 Å². The van der Waals surface area contributed by atoms with E-state index in [0.29, 0.717) is 28.7 Å². The molecule has 0 aliphatic carbocycles. The Morgan fingerprint density at radius 2 is 2.36 bits per heavy atom. The molecule has 1 unspecified atom stereocenters. The van der Waals surface area contributed by atoms with Gasteiger partial charge in [-0.05, 0) is 44.6 Å². The summed E-state index contributed by atoms with van der Waals surface area (Å²) in [6, 6.07) is 3.65. The number of furan rings is 1. The van der Waals surface area contributed by atoms with E-state index < -0.39 is 0 Å². The van der Waals surface area contributed by atoms with Crippen LogP contribution in [-0.4, -0.2) is 44.7 Å². The molecule has 0 saturated carbocycles. The van der Waals surface area contributed by atoms with Crippen LogP contribution in [0.25, 0.3) is 11.6 Å². The summed E-state index contributed by atoms with van der Waals surface area (Å²) in [7, 11) is 0. The lowest BCUT2D eigenvalue weighted by Crippen LogP contribution is -2.43. The number of guanidine groups is 1. The SMILES string of the molecule is CCNC(=NCc1nc(-c2ccco2)n[nH]1)NCC1(C)CCCS1.I. The summed E-state index contributed by atoms with van der Waals surface area (Å²) in [5.41, 5.74) is 0. The van der Waals surface area contributed by atoms with Gasteiger partial charge in [-0.15, -0.1) is 29.1 Å². The summed E-state index contributed by atoms with van der Waals surface area (Å²) < 4.78 is 5.60. The number of aromatic amines is 1. The van der Waals surface area contributed by atoms with Crippen molar-refractivity contribution in [2.75, 3.05) is 18.8 Å². The van der Waals surface area contributed by atoms with Crippen molar-refractivity contribution < 1.29 is 4.42 Å². The van der Waals surface area contributed by atoms with Crippen molar-refractivity contribution in [2.45, 2.75) is 38.0 Å². The van der Waals surface area contributed by atoms with Gasteiger partial charge in [-0.2, -0.15) is 11.8 Å². The zero-order chi connectivity index (χ0) is 16.8. The minimum atomic E-state index is 0. The number of rotatable bonds is 6. The molecule has 0 amide bonds. The molecule has 1 aliphatic heterocycles. The quantitative estimate of drug-likeness (QED) is 0.338. The third-order valence-corrected chi connectivity index (χ3v) is 5.47.